The maximum absolute atomic E-state index is 12.9. The van der Waals surface area contributed by atoms with Gasteiger partial charge in [-0.05, 0) is 66.9 Å². The third kappa shape index (κ3) is 6.45. The number of hydrogen-bond acceptors (Lipinski definition) is 4. The minimum atomic E-state index is -3.79. The van der Waals surface area contributed by atoms with E-state index in [1.807, 2.05) is 39.0 Å². The maximum Gasteiger partial charge on any atom is 0.262 e. The van der Waals surface area contributed by atoms with E-state index in [0.717, 1.165) is 11.1 Å². The summed E-state index contributed by atoms with van der Waals surface area (Å²) in [5.74, 6) is -0.501. The molecular formula is C26H29N3O4S. The number of aryl methyl sites for hydroxylation is 2. The van der Waals surface area contributed by atoms with Gasteiger partial charge in [-0.15, -0.1) is 0 Å². The first kappa shape index (κ1) is 25.0. The Morgan fingerprint density at radius 3 is 2.26 bits per heavy atom. The molecule has 2 amide bonds. The lowest BCUT2D eigenvalue weighted by molar-refractivity contribution is -0.118. The standard InChI is InChI=1S/C26H29N3O4S/c1-17(2)25(30)28-22-12-10-20(11-13-22)16-27-26(31)21-6-5-7-23(15-21)29-34(32,33)24-14-18(3)8-9-19(24)4/h5-15,17,29H,16H2,1-4H3,(H,27,31)(H,28,30). The minimum Gasteiger partial charge on any atom is -0.348 e. The van der Waals surface area contributed by atoms with Crippen molar-refractivity contribution in [3.8, 4) is 0 Å². The minimum absolute atomic E-state index is 0.0610. The van der Waals surface area contributed by atoms with E-state index in [0.29, 0.717) is 22.5 Å². The molecule has 0 spiro atoms. The van der Waals surface area contributed by atoms with Gasteiger partial charge in [0.2, 0.25) is 5.91 Å². The van der Waals surface area contributed by atoms with Gasteiger partial charge in [-0.1, -0.05) is 44.2 Å². The Hall–Kier alpha value is -3.65. The lowest BCUT2D eigenvalue weighted by Gasteiger charge is -2.12. The van der Waals surface area contributed by atoms with Crippen molar-refractivity contribution in [3.63, 3.8) is 0 Å². The van der Waals surface area contributed by atoms with E-state index in [9.17, 15) is 18.0 Å². The molecule has 0 saturated carbocycles. The lowest BCUT2D eigenvalue weighted by atomic mass is 10.1. The molecule has 8 heteroatoms. The van der Waals surface area contributed by atoms with Crippen LogP contribution < -0.4 is 15.4 Å². The molecule has 0 aliphatic rings. The van der Waals surface area contributed by atoms with Crippen LogP contribution in [-0.2, 0) is 21.4 Å². The molecule has 0 aliphatic heterocycles. The second-order valence-corrected chi connectivity index (χ2v) is 10.1. The van der Waals surface area contributed by atoms with Gasteiger partial charge < -0.3 is 10.6 Å². The molecule has 3 N–H and O–H groups in total. The van der Waals surface area contributed by atoms with Gasteiger partial charge in [-0.2, -0.15) is 0 Å². The summed E-state index contributed by atoms with van der Waals surface area (Å²) in [4.78, 5) is 24.6. The normalized spacial score (nSPS) is 11.2. The van der Waals surface area contributed by atoms with Crippen LogP contribution in [0.1, 0.15) is 40.9 Å². The van der Waals surface area contributed by atoms with Gasteiger partial charge >= 0.3 is 0 Å². The number of anilines is 2. The Kier molecular flexibility index (Phi) is 7.73. The van der Waals surface area contributed by atoms with E-state index >= 15 is 0 Å². The van der Waals surface area contributed by atoms with Crippen molar-refractivity contribution >= 4 is 33.2 Å². The van der Waals surface area contributed by atoms with E-state index in [4.69, 9.17) is 0 Å². The number of sulfonamides is 1. The van der Waals surface area contributed by atoms with Gasteiger partial charge in [0.1, 0.15) is 0 Å². The molecule has 0 heterocycles. The number of nitrogens with one attached hydrogen (secondary N) is 3. The number of hydrogen-bond donors (Lipinski definition) is 3. The summed E-state index contributed by atoms with van der Waals surface area (Å²) in [6, 6.07) is 18.8. The summed E-state index contributed by atoms with van der Waals surface area (Å²) in [6.45, 7) is 7.50. The summed E-state index contributed by atoms with van der Waals surface area (Å²) in [6.07, 6.45) is 0. The topological polar surface area (TPSA) is 104 Å². The van der Waals surface area contributed by atoms with Crippen LogP contribution in [0.15, 0.2) is 71.6 Å². The van der Waals surface area contributed by atoms with Crippen molar-refractivity contribution in [2.75, 3.05) is 10.0 Å². The zero-order valence-corrected chi connectivity index (χ0v) is 20.5. The first-order chi connectivity index (χ1) is 16.0. The molecule has 178 valence electrons. The Morgan fingerprint density at radius 2 is 1.59 bits per heavy atom. The molecule has 3 aromatic carbocycles. The van der Waals surface area contributed by atoms with Gasteiger partial charge in [-0.25, -0.2) is 8.42 Å². The maximum atomic E-state index is 12.9. The van der Waals surface area contributed by atoms with Crippen molar-refractivity contribution in [3.05, 3.63) is 89.0 Å². The molecule has 0 aromatic heterocycles. The third-order valence-corrected chi connectivity index (χ3v) is 6.73. The molecule has 0 radical (unpaired) electrons. The summed E-state index contributed by atoms with van der Waals surface area (Å²) < 4.78 is 28.3. The fourth-order valence-electron chi connectivity index (χ4n) is 3.21. The van der Waals surface area contributed by atoms with Crippen LogP contribution in [-0.4, -0.2) is 20.2 Å². The van der Waals surface area contributed by atoms with Gasteiger partial charge in [-0.3, -0.25) is 14.3 Å². The zero-order valence-electron chi connectivity index (χ0n) is 19.7. The number of carbonyl (C=O) groups excluding carboxylic acids is 2. The molecule has 0 aliphatic carbocycles. The SMILES string of the molecule is Cc1ccc(C)c(S(=O)(=O)Nc2cccc(C(=O)NCc3ccc(NC(=O)C(C)C)cc3)c2)c1. The zero-order chi connectivity index (χ0) is 24.9. The van der Waals surface area contributed by atoms with E-state index in [1.54, 1.807) is 49.4 Å². The molecule has 0 bridgehead atoms. The molecule has 0 saturated heterocycles. The van der Waals surface area contributed by atoms with Gasteiger partial charge in [0.25, 0.3) is 15.9 Å². The van der Waals surface area contributed by atoms with E-state index in [1.165, 1.54) is 6.07 Å². The lowest BCUT2D eigenvalue weighted by Crippen LogP contribution is -2.23. The van der Waals surface area contributed by atoms with E-state index in [-0.39, 0.29) is 29.2 Å². The highest BCUT2D eigenvalue weighted by Crippen LogP contribution is 2.21. The molecule has 3 aromatic rings. The number of carbonyl (C=O) groups is 2. The fourth-order valence-corrected chi connectivity index (χ4v) is 4.59. The molecule has 0 fully saturated rings. The van der Waals surface area contributed by atoms with Gasteiger partial charge in [0.05, 0.1) is 4.90 Å². The fraction of sp³-hybridized carbons (Fsp3) is 0.231. The largest absolute Gasteiger partial charge is 0.348 e. The van der Waals surface area contributed by atoms with Crippen LogP contribution in [0, 0.1) is 19.8 Å². The number of benzene rings is 3. The number of amides is 2. The Morgan fingerprint density at radius 1 is 0.882 bits per heavy atom. The van der Waals surface area contributed by atoms with Crippen LogP contribution in [0.2, 0.25) is 0 Å². The second-order valence-electron chi connectivity index (χ2n) is 8.48. The quantitative estimate of drug-likeness (QED) is 0.438. The van der Waals surface area contributed by atoms with Crippen LogP contribution >= 0.6 is 0 Å². The van der Waals surface area contributed by atoms with Crippen molar-refractivity contribution in [2.24, 2.45) is 5.92 Å². The average Bonchev–Trinajstić information content (AvgIpc) is 2.79. The molecule has 0 unspecified atom stereocenters. The average molecular weight is 480 g/mol. The highest BCUT2D eigenvalue weighted by atomic mass is 32.2. The monoisotopic (exact) mass is 479 g/mol. The first-order valence-electron chi connectivity index (χ1n) is 10.9. The van der Waals surface area contributed by atoms with Crippen LogP contribution in [0.5, 0.6) is 0 Å². The molecule has 3 rings (SSSR count). The van der Waals surface area contributed by atoms with Crippen LogP contribution in [0.3, 0.4) is 0 Å². The smallest absolute Gasteiger partial charge is 0.262 e. The second kappa shape index (κ2) is 10.5. The summed E-state index contributed by atoms with van der Waals surface area (Å²) in [5, 5.41) is 5.65. The predicted molar refractivity (Wildman–Crippen MR) is 134 cm³/mol. The molecular weight excluding hydrogens is 450 g/mol. The molecule has 34 heavy (non-hydrogen) atoms. The van der Waals surface area contributed by atoms with E-state index < -0.39 is 10.0 Å². The highest BCUT2D eigenvalue weighted by molar-refractivity contribution is 7.92. The van der Waals surface area contributed by atoms with Gasteiger partial charge in [0.15, 0.2) is 0 Å². The summed E-state index contributed by atoms with van der Waals surface area (Å²) in [5.41, 5.74) is 3.68. The molecule has 0 atom stereocenters. The third-order valence-electron chi connectivity index (χ3n) is 5.21. The van der Waals surface area contributed by atoms with Crippen molar-refractivity contribution < 1.29 is 18.0 Å². The van der Waals surface area contributed by atoms with Crippen molar-refractivity contribution in [1.82, 2.24) is 5.32 Å². The highest BCUT2D eigenvalue weighted by Gasteiger charge is 2.18. The van der Waals surface area contributed by atoms with Gasteiger partial charge in [0, 0.05) is 29.4 Å². The Bertz CT molecular complexity index is 1300. The summed E-state index contributed by atoms with van der Waals surface area (Å²) in [7, 11) is -3.79. The van der Waals surface area contributed by atoms with E-state index in [2.05, 4.69) is 15.4 Å². The molecule has 7 nitrogen and oxygen atoms in total. The van der Waals surface area contributed by atoms with Crippen LogP contribution in [0.4, 0.5) is 11.4 Å². The summed E-state index contributed by atoms with van der Waals surface area (Å²) >= 11 is 0. The number of rotatable bonds is 8. The first-order valence-corrected chi connectivity index (χ1v) is 12.4. The Labute approximate surface area is 200 Å². The van der Waals surface area contributed by atoms with Crippen molar-refractivity contribution in [1.29, 1.82) is 0 Å². The predicted octanol–water partition coefficient (Wildman–Crippen LogP) is 4.63. The van der Waals surface area contributed by atoms with Crippen LogP contribution in [0.25, 0.3) is 0 Å². The van der Waals surface area contributed by atoms with Crippen molar-refractivity contribution in [2.45, 2.75) is 39.1 Å². The Balaban J connectivity index is 1.65.